The Kier molecular flexibility index (Phi) is 4.11. The van der Waals surface area contributed by atoms with Gasteiger partial charge in [0.1, 0.15) is 18.5 Å². The van der Waals surface area contributed by atoms with Gasteiger partial charge in [0.15, 0.2) is 0 Å². The summed E-state index contributed by atoms with van der Waals surface area (Å²) in [4.78, 5) is 39.5. The Morgan fingerprint density at radius 1 is 1.61 bits per heavy atom. The molecule has 100 valence electrons. The quantitative estimate of drug-likeness (QED) is 0.731. The summed E-state index contributed by atoms with van der Waals surface area (Å²) in [7, 11) is 0. The highest BCUT2D eigenvalue weighted by molar-refractivity contribution is 5.82. The molecule has 0 spiro atoms. The average Bonchev–Trinajstić information content (AvgIpc) is 2.44. The zero-order chi connectivity index (χ0) is 13.9. The van der Waals surface area contributed by atoms with Crippen molar-refractivity contribution in [1.82, 2.24) is 9.96 Å². The maximum atomic E-state index is 11.9. The fourth-order valence-electron chi connectivity index (χ4n) is 1.56. The Balaban J connectivity index is 2.87. The standard InChI is InChI=1S/C11H16N2O5/c1-11(2,3)18-13-8(4-5-14)6-12(10(13)17)7-9(15)16/h4,8H,6-7H2,1-3H3,(H,15,16). The van der Waals surface area contributed by atoms with Crippen LogP contribution in [0.25, 0.3) is 0 Å². The normalized spacial score (nSPS) is 19.9. The number of hydrogen-bond donors (Lipinski definition) is 1. The molecule has 0 radical (unpaired) electrons. The molecule has 1 atom stereocenters. The first-order chi connectivity index (χ1) is 8.24. The average molecular weight is 256 g/mol. The van der Waals surface area contributed by atoms with Crippen LogP contribution in [0.15, 0.2) is 6.08 Å². The third-order valence-electron chi connectivity index (χ3n) is 2.13. The van der Waals surface area contributed by atoms with E-state index >= 15 is 0 Å². The summed E-state index contributed by atoms with van der Waals surface area (Å²) in [5.41, 5.74) is -0.621. The molecule has 0 bridgehead atoms. The maximum absolute atomic E-state index is 11.9. The van der Waals surface area contributed by atoms with Crippen LogP contribution in [-0.4, -0.2) is 57.7 Å². The summed E-state index contributed by atoms with van der Waals surface area (Å²) in [5, 5.41) is 9.71. The number of urea groups is 1. The highest BCUT2D eigenvalue weighted by Crippen LogP contribution is 2.21. The molecule has 1 fully saturated rings. The van der Waals surface area contributed by atoms with Crippen molar-refractivity contribution in [1.29, 1.82) is 0 Å². The van der Waals surface area contributed by atoms with Crippen LogP contribution in [0.1, 0.15) is 20.8 Å². The topological polar surface area (TPSA) is 87.2 Å². The molecule has 0 aromatic rings. The zero-order valence-corrected chi connectivity index (χ0v) is 10.5. The minimum absolute atomic E-state index is 0.0937. The lowest BCUT2D eigenvalue weighted by molar-refractivity contribution is -0.196. The molecule has 18 heavy (non-hydrogen) atoms. The summed E-state index contributed by atoms with van der Waals surface area (Å²) < 4.78 is 0. The predicted octanol–water partition coefficient (Wildman–Crippen LogP) is 0.295. The predicted molar refractivity (Wildman–Crippen MR) is 61.3 cm³/mol. The van der Waals surface area contributed by atoms with E-state index < -0.39 is 30.2 Å². The van der Waals surface area contributed by atoms with E-state index in [4.69, 9.17) is 9.94 Å². The number of rotatable bonds is 4. The van der Waals surface area contributed by atoms with Crippen LogP contribution in [0.4, 0.5) is 4.79 Å². The van der Waals surface area contributed by atoms with Gasteiger partial charge in [-0.2, -0.15) is 5.06 Å². The first-order valence-electron chi connectivity index (χ1n) is 5.44. The molecule has 0 saturated carbocycles. The van der Waals surface area contributed by atoms with Crippen molar-refractivity contribution in [3.63, 3.8) is 0 Å². The van der Waals surface area contributed by atoms with Crippen molar-refractivity contribution in [3.05, 3.63) is 6.08 Å². The number of carbonyl (C=O) groups excluding carboxylic acids is 2. The van der Waals surface area contributed by atoms with Crippen LogP contribution in [-0.2, 0) is 14.4 Å². The summed E-state index contributed by atoms with van der Waals surface area (Å²) in [6.07, 6.45) is 1.14. The highest BCUT2D eigenvalue weighted by Gasteiger charge is 2.40. The molecule has 0 aromatic heterocycles. The van der Waals surface area contributed by atoms with E-state index in [-0.39, 0.29) is 6.54 Å². The largest absolute Gasteiger partial charge is 0.480 e. The van der Waals surface area contributed by atoms with Crippen LogP contribution >= 0.6 is 0 Å². The fourth-order valence-corrected chi connectivity index (χ4v) is 1.56. The Bertz CT molecular complexity index is 395. The van der Waals surface area contributed by atoms with E-state index in [9.17, 15) is 14.4 Å². The van der Waals surface area contributed by atoms with Gasteiger partial charge in [-0.3, -0.25) is 9.63 Å². The number of nitrogens with zero attached hydrogens (tertiary/aromatic N) is 2. The minimum Gasteiger partial charge on any atom is -0.480 e. The van der Waals surface area contributed by atoms with Gasteiger partial charge >= 0.3 is 12.0 Å². The summed E-state index contributed by atoms with van der Waals surface area (Å²) in [5.74, 6) is 0.481. The number of amides is 2. The molecule has 0 aliphatic carbocycles. The van der Waals surface area contributed by atoms with E-state index in [1.807, 2.05) is 0 Å². The molecule has 1 heterocycles. The second-order valence-corrected chi connectivity index (χ2v) is 4.94. The lowest BCUT2D eigenvalue weighted by Crippen LogP contribution is -2.41. The Labute approximate surface area is 105 Å². The van der Waals surface area contributed by atoms with Gasteiger partial charge in [-0.1, -0.05) is 0 Å². The molecule has 2 amide bonds. The van der Waals surface area contributed by atoms with Crippen LogP contribution in [0.2, 0.25) is 0 Å². The number of carbonyl (C=O) groups is 2. The molecular formula is C11H16N2O5. The van der Waals surface area contributed by atoms with Crippen molar-refractivity contribution >= 4 is 17.9 Å². The molecule has 1 saturated heterocycles. The summed E-state index contributed by atoms with van der Waals surface area (Å²) in [6, 6.07) is -1.18. The number of carboxylic acids is 1. The van der Waals surface area contributed by atoms with Gasteiger partial charge in [0, 0.05) is 6.08 Å². The Morgan fingerprint density at radius 2 is 2.22 bits per heavy atom. The van der Waals surface area contributed by atoms with Crippen molar-refractivity contribution in [3.8, 4) is 0 Å². The second kappa shape index (κ2) is 5.20. The molecular weight excluding hydrogens is 240 g/mol. The van der Waals surface area contributed by atoms with Crippen LogP contribution in [0.5, 0.6) is 0 Å². The summed E-state index contributed by atoms with van der Waals surface area (Å²) in [6.45, 7) is 4.92. The van der Waals surface area contributed by atoms with Crippen molar-refractivity contribution in [2.24, 2.45) is 0 Å². The van der Waals surface area contributed by atoms with Crippen molar-refractivity contribution in [2.45, 2.75) is 32.4 Å². The van der Waals surface area contributed by atoms with E-state index in [0.29, 0.717) is 0 Å². The number of hydrogen-bond acceptors (Lipinski definition) is 4. The van der Waals surface area contributed by atoms with Crippen LogP contribution in [0.3, 0.4) is 0 Å². The Morgan fingerprint density at radius 3 is 2.67 bits per heavy atom. The third kappa shape index (κ3) is 3.58. The summed E-state index contributed by atoms with van der Waals surface area (Å²) >= 11 is 0. The van der Waals surface area contributed by atoms with Crippen molar-refractivity contribution < 1.29 is 24.3 Å². The molecule has 1 aliphatic heterocycles. The smallest absolute Gasteiger partial charge is 0.345 e. The van der Waals surface area contributed by atoms with E-state index in [2.05, 4.69) is 0 Å². The van der Waals surface area contributed by atoms with Gasteiger partial charge in [0.2, 0.25) is 0 Å². The molecule has 7 nitrogen and oxygen atoms in total. The van der Waals surface area contributed by atoms with E-state index in [0.717, 1.165) is 16.0 Å². The number of carboxylic acid groups (broad SMARTS) is 1. The van der Waals surface area contributed by atoms with Gasteiger partial charge in [-0.05, 0) is 20.8 Å². The zero-order valence-electron chi connectivity index (χ0n) is 10.5. The van der Waals surface area contributed by atoms with Crippen LogP contribution < -0.4 is 0 Å². The molecule has 1 aliphatic rings. The molecule has 1 N–H and O–H groups in total. The monoisotopic (exact) mass is 256 g/mol. The second-order valence-electron chi connectivity index (χ2n) is 4.94. The fraction of sp³-hybridized carbons (Fsp3) is 0.636. The van der Waals surface area contributed by atoms with Gasteiger partial charge in [-0.15, -0.1) is 0 Å². The molecule has 1 unspecified atom stereocenters. The Hall–Kier alpha value is -1.85. The van der Waals surface area contributed by atoms with Crippen molar-refractivity contribution in [2.75, 3.05) is 13.1 Å². The number of hydroxylamine groups is 2. The molecule has 7 heteroatoms. The van der Waals surface area contributed by atoms with Gasteiger partial charge in [0.05, 0.1) is 12.1 Å². The minimum atomic E-state index is -1.12. The first kappa shape index (κ1) is 14.2. The molecule has 1 rings (SSSR count). The van der Waals surface area contributed by atoms with Gasteiger partial charge < -0.3 is 10.0 Å². The van der Waals surface area contributed by atoms with E-state index in [1.165, 1.54) is 0 Å². The first-order valence-corrected chi connectivity index (χ1v) is 5.44. The maximum Gasteiger partial charge on any atom is 0.345 e. The lowest BCUT2D eigenvalue weighted by Gasteiger charge is -2.28. The third-order valence-corrected chi connectivity index (χ3v) is 2.13. The van der Waals surface area contributed by atoms with Gasteiger partial charge in [0.25, 0.3) is 0 Å². The molecule has 0 aromatic carbocycles. The lowest BCUT2D eigenvalue weighted by atomic mass is 10.2. The van der Waals surface area contributed by atoms with E-state index in [1.54, 1.807) is 26.7 Å². The van der Waals surface area contributed by atoms with Crippen LogP contribution in [0, 0.1) is 0 Å². The number of aliphatic carboxylic acids is 1. The van der Waals surface area contributed by atoms with Gasteiger partial charge in [-0.25, -0.2) is 9.59 Å². The SMILES string of the molecule is CC(C)(C)ON1C(=O)N(CC(=O)O)CC1C=C=O. The highest BCUT2D eigenvalue weighted by atomic mass is 16.7.